The molecule has 56 valence electrons. The lowest BCUT2D eigenvalue weighted by Gasteiger charge is -2.16. The summed E-state index contributed by atoms with van der Waals surface area (Å²) in [4.78, 5) is 0. The molecule has 0 amide bonds. The summed E-state index contributed by atoms with van der Waals surface area (Å²) in [6.07, 6.45) is 1.67. The molecule has 0 aliphatic heterocycles. The van der Waals surface area contributed by atoms with E-state index in [-0.39, 0.29) is 5.54 Å². The maximum atomic E-state index is 5.84. The summed E-state index contributed by atoms with van der Waals surface area (Å²) in [6.45, 7) is 5.85. The van der Waals surface area contributed by atoms with Crippen molar-refractivity contribution in [1.82, 2.24) is 0 Å². The topological polar surface area (TPSA) is 39.2 Å². The summed E-state index contributed by atoms with van der Waals surface area (Å²) in [5.74, 6) is 0.910. The second-order valence-corrected chi connectivity index (χ2v) is 3.11. The molecule has 0 aliphatic rings. The molecule has 1 heterocycles. The van der Waals surface area contributed by atoms with E-state index in [9.17, 15) is 0 Å². The lowest BCUT2D eigenvalue weighted by Crippen LogP contribution is -2.28. The third kappa shape index (κ3) is 1.21. The van der Waals surface area contributed by atoms with Crippen LogP contribution in [0.5, 0.6) is 0 Å². The highest BCUT2D eigenvalue weighted by atomic mass is 16.3. The molecule has 2 N–H and O–H groups in total. The zero-order valence-electron chi connectivity index (χ0n) is 6.64. The van der Waals surface area contributed by atoms with Crippen molar-refractivity contribution < 1.29 is 4.42 Å². The van der Waals surface area contributed by atoms with E-state index in [1.165, 1.54) is 0 Å². The van der Waals surface area contributed by atoms with Gasteiger partial charge in [0, 0.05) is 11.1 Å². The minimum absolute atomic E-state index is 0.281. The van der Waals surface area contributed by atoms with Crippen LogP contribution < -0.4 is 5.73 Å². The molecular weight excluding hydrogens is 126 g/mol. The van der Waals surface area contributed by atoms with Crippen LogP contribution in [0.4, 0.5) is 0 Å². The summed E-state index contributed by atoms with van der Waals surface area (Å²) in [5.41, 5.74) is 6.64. The van der Waals surface area contributed by atoms with Crippen molar-refractivity contribution in [3.8, 4) is 0 Å². The zero-order chi connectivity index (χ0) is 7.78. The third-order valence-corrected chi connectivity index (χ3v) is 1.55. The molecule has 0 aliphatic carbocycles. The van der Waals surface area contributed by atoms with E-state index in [4.69, 9.17) is 10.2 Å². The van der Waals surface area contributed by atoms with Gasteiger partial charge in [-0.1, -0.05) is 0 Å². The zero-order valence-corrected chi connectivity index (χ0v) is 6.64. The summed E-state index contributed by atoms with van der Waals surface area (Å²) in [7, 11) is 0. The van der Waals surface area contributed by atoms with Gasteiger partial charge >= 0.3 is 0 Å². The van der Waals surface area contributed by atoms with E-state index in [0.29, 0.717) is 0 Å². The van der Waals surface area contributed by atoms with Crippen molar-refractivity contribution in [2.45, 2.75) is 26.3 Å². The van der Waals surface area contributed by atoms with Crippen LogP contribution in [0.25, 0.3) is 0 Å². The first kappa shape index (κ1) is 7.35. The van der Waals surface area contributed by atoms with Crippen molar-refractivity contribution in [1.29, 1.82) is 0 Å². The van der Waals surface area contributed by atoms with Gasteiger partial charge < -0.3 is 10.2 Å². The minimum Gasteiger partial charge on any atom is -0.469 e. The summed E-state index contributed by atoms with van der Waals surface area (Å²) < 4.78 is 5.11. The molecule has 2 heteroatoms. The maximum Gasteiger partial charge on any atom is 0.105 e. The maximum absolute atomic E-state index is 5.84. The van der Waals surface area contributed by atoms with E-state index in [1.54, 1.807) is 6.26 Å². The average Bonchev–Trinajstić information content (AvgIpc) is 2.11. The van der Waals surface area contributed by atoms with Gasteiger partial charge in [-0.3, -0.25) is 0 Å². The fourth-order valence-corrected chi connectivity index (χ4v) is 1.05. The van der Waals surface area contributed by atoms with Gasteiger partial charge in [-0.25, -0.2) is 0 Å². The quantitative estimate of drug-likeness (QED) is 0.644. The van der Waals surface area contributed by atoms with Gasteiger partial charge in [-0.2, -0.15) is 0 Å². The Kier molecular flexibility index (Phi) is 1.57. The molecule has 0 radical (unpaired) electrons. The van der Waals surface area contributed by atoms with E-state index < -0.39 is 0 Å². The number of furan rings is 1. The van der Waals surface area contributed by atoms with E-state index in [0.717, 1.165) is 11.3 Å². The van der Waals surface area contributed by atoms with Gasteiger partial charge in [0.05, 0.1) is 6.26 Å². The van der Waals surface area contributed by atoms with Crippen LogP contribution in [0.15, 0.2) is 16.7 Å². The van der Waals surface area contributed by atoms with Crippen molar-refractivity contribution in [3.63, 3.8) is 0 Å². The number of hydrogen-bond acceptors (Lipinski definition) is 2. The molecule has 1 aromatic rings. The van der Waals surface area contributed by atoms with Crippen molar-refractivity contribution in [3.05, 3.63) is 23.7 Å². The standard InChI is InChI=1S/C8H13NO/c1-6-7(4-5-10-6)8(2,3)9/h4-5H,9H2,1-3H3. The van der Waals surface area contributed by atoms with Gasteiger partial charge in [-0.15, -0.1) is 0 Å². The number of nitrogens with two attached hydrogens (primary N) is 1. The molecule has 2 nitrogen and oxygen atoms in total. The summed E-state index contributed by atoms with van der Waals surface area (Å²) >= 11 is 0. The first-order valence-corrected chi connectivity index (χ1v) is 3.35. The Morgan fingerprint density at radius 3 is 2.30 bits per heavy atom. The molecule has 0 saturated heterocycles. The van der Waals surface area contributed by atoms with Crippen LogP contribution in [0.2, 0.25) is 0 Å². The average molecular weight is 139 g/mol. The van der Waals surface area contributed by atoms with E-state index >= 15 is 0 Å². The Bertz CT molecular complexity index is 219. The Morgan fingerprint density at radius 1 is 1.50 bits per heavy atom. The Labute approximate surface area is 61.0 Å². The smallest absolute Gasteiger partial charge is 0.105 e. The molecule has 1 rings (SSSR count). The van der Waals surface area contributed by atoms with E-state index in [1.807, 2.05) is 26.8 Å². The second-order valence-electron chi connectivity index (χ2n) is 3.11. The Morgan fingerprint density at radius 2 is 2.10 bits per heavy atom. The molecule has 0 unspecified atom stereocenters. The van der Waals surface area contributed by atoms with Crippen molar-refractivity contribution in [2.75, 3.05) is 0 Å². The highest BCUT2D eigenvalue weighted by Gasteiger charge is 2.17. The fraction of sp³-hybridized carbons (Fsp3) is 0.500. The lowest BCUT2D eigenvalue weighted by molar-refractivity contribution is 0.496. The van der Waals surface area contributed by atoms with Gasteiger partial charge in [0.25, 0.3) is 0 Å². The number of aryl methyl sites for hydroxylation is 1. The van der Waals surface area contributed by atoms with Gasteiger partial charge in [0.2, 0.25) is 0 Å². The first-order valence-electron chi connectivity index (χ1n) is 3.35. The van der Waals surface area contributed by atoms with Crippen molar-refractivity contribution in [2.24, 2.45) is 5.73 Å². The summed E-state index contributed by atoms with van der Waals surface area (Å²) in [5, 5.41) is 0. The minimum atomic E-state index is -0.281. The largest absolute Gasteiger partial charge is 0.469 e. The van der Waals surface area contributed by atoms with Crippen molar-refractivity contribution >= 4 is 0 Å². The Hall–Kier alpha value is -0.760. The molecule has 0 bridgehead atoms. The number of hydrogen-bond donors (Lipinski definition) is 1. The highest BCUT2D eigenvalue weighted by molar-refractivity contribution is 5.23. The summed E-state index contributed by atoms with van der Waals surface area (Å²) in [6, 6.07) is 1.91. The molecule has 0 aromatic carbocycles. The van der Waals surface area contributed by atoms with E-state index in [2.05, 4.69) is 0 Å². The molecule has 0 fully saturated rings. The SMILES string of the molecule is Cc1occc1C(C)(C)N. The predicted molar refractivity (Wildman–Crippen MR) is 40.7 cm³/mol. The van der Waals surface area contributed by atoms with Crippen LogP contribution in [0.3, 0.4) is 0 Å². The first-order chi connectivity index (χ1) is 4.52. The molecule has 0 saturated carbocycles. The molecule has 1 aromatic heterocycles. The number of rotatable bonds is 1. The van der Waals surface area contributed by atoms with Gasteiger partial charge in [0.1, 0.15) is 5.76 Å². The molecule has 0 atom stereocenters. The van der Waals surface area contributed by atoms with Crippen LogP contribution >= 0.6 is 0 Å². The van der Waals surface area contributed by atoms with Gasteiger partial charge in [0.15, 0.2) is 0 Å². The molecule has 0 spiro atoms. The van der Waals surface area contributed by atoms with Crippen LogP contribution in [-0.4, -0.2) is 0 Å². The van der Waals surface area contributed by atoms with Gasteiger partial charge in [-0.05, 0) is 26.8 Å². The normalized spacial score (nSPS) is 12.0. The molecular formula is C8H13NO. The van der Waals surface area contributed by atoms with Crippen LogP contribution in [0.1, 0.15) is 25.2 Å². The van der Waals surface area contributed by atoms with Crippen LogP contribution in [-0.2, 0) is 5.54 Å². The predicted octanol–water partition coefficient (Wildman–Crippen LogP) is 1.78. The third-order valence-electron chi connectivity index (χ3n) is 1.55. The second kappa shape index (κ2) is 2.13. The fourth-order valence-electron chi connectivity index (χ4n) is 1.05. The molecule has 10 heavy (non-hydrogen) atoms. The highest BCUT2D eigenvalue weighted by Crippen LogP contribution is 2.20. The van der Waals surface area contributed by atoms with Crippen LogP contribution in [0, 0.1) is 6.92 Å². The monoisotopic (exact) mass is 139 g/mol. The Balaban J connectivity index is 3.05. The lowest BCUT2D eigenvalue weighted by atomic mass is 9.97.